The molecule has 2 aromatic heterocycles. The van der Waals surface area contributed by atoms with Crippen LogP contribution in [-0.4, -0.2) is 68.0 Å². The molecule has 0 amide bonds. The Morgan fingerprint density at radius 1 is 0.951 bits per heavy atom. The third-order valence-corrected chi connectivity index (χ3v) is 10.7. The number of anilines is 3. The van der Waals surface area contributed by atoms with Gasteiger partial charge in [-0.15, -0.1) is 11.3 Å². The SMILES string of the molecule is Cc1cc(-c2csc(-c3ccc(NS(=O)(=O)CCO)cc3N3CCC4(CC3)CC4)n2)nc(N2CCC(F)(F)CC2)c1. The number of piperidine rings is 2. The van der Waals surface area contributed by atoms with Gasteiger partial charge in [0, 0.05) is 55.7 Å². The second-order valence-corrected chi connectivity index (χ2v) is 14.3. The largest absolute Gasteiger partial charge is 0.395 e. The van der Waals surface area contributed by atoms with Gasteiger partial charge in [0.2, 0.25) is 10.0 Å². The van der Waals surface area contributed by atoms with E-state index >= 15 is 0 Å². The number of hydrogen-bond donors (Lipinski definition) is 2. The second kappa shape index (κ2) is 10.8. The summed E-state index contributed by atoms with van der Waals surface area (Å²) < 4.78 is 54.8. The van der Waals surface area contributed by atoms with Crippen LogP contribution in [0.1, 0.15) is 44.1 Å². The molecule has 0 unspecified atom stereocenters. The molecule has 0 atom stereocenters. The van der Waals surface area contributed by atoms with Crippen molar-refractivity contribution in [1.29, 1.82) is 0 Å². The van der Waals surface area contributed by atoms with E-state index in [0.29, 0.717) is 28.3 Å². The smallest absolute Gasteiger partial charge is 0.251 e. The topological polar surface area (TPSA) is 98.7 Å². The van der Waals surface area contributed by atoms with Gasteiger partial charge in [0.1, 0.15) is 16.5 Å². The Morgan fingerprint density at radius 2 is 1.66 bits per heavy atom. The number of aliphatic hydroxyl groups excluding tert-OH is 1. The Bertz CT molecular complexity index is 1520. The van der Waals surface area contributed by atoms with Crippen molar-refractivity contribution in [3.63, 3.8) is 0 Å². The van der Waals surface area contributed by atoms with E-state index in [4.69, 9.17) is 15.1 Å². The molecule has 2 saturated heterocycles. The fourth-order valence-electron chi connectivity index (χ4n) is 5.81. The highest BCUT2D eigenvalue weighted by molar-refractivity contribution is 7.92. The standard InChI is InChI=1S/C29H35F2N5O3S2/c1-20-16-23(32-26(17-20)36-12-8-29(30,31)9-13-36)24-19-40-27(33-24)22-3-2-21(34-41(38,39)15-14-37)18-25(22)35-10-6-28(4-5-28)7-11-35/h2-3,16-19,34,37H,4-15H2,1H3. The van der Waals surface area contributed by atoms with Crippen LogP contribution in [0.25, 0.3) is 22.0 Å². The van der Waals surface area contributed by atoms with Crippen LogP contribution in [0, 0.1) is 12.3 Å². The molecule has 41 heavy (non-hydrogen) atoms. The molecule has 1 aliphatic carbocycles. The Balaban J connectivity index is 1.30. The van der Waals surface area contributed by atoms with Gasteiger partial charge in [-0.25, -0.2) is 27.2 Å². The Morgan fingerprint density at radius 3 is 2.34 bits per heavy atom. The molecule has 1 saturated carbocycles. The number of rotatable bonds is 8. The van der Waals surface area contributed by atoms with Gasteiger partial charge in [-0.05, 0) is 73.9 Å². The molecule has 12 heteroatoms. The Hall–Kier alpha value is -2.83. The zero-order valence-electron chi connectivity index (χ0n) is 23.1. The number of aryl methyl sites for hydroxylation is 1. The summed E-state index contributed by atoms with van der Waals surface area (Å²) in [5, 5.41) is 11.9. The summed E-state index contributed by atoms with van der Waals surface area (Å²) >= 11 is 1.50. The van der Waals surface area contributed by atoms with E-state index in [2.05, 4.69) is 9.62 Å². The number of alkyl halides is 2. The summed E-state index contributed by atoms with van der Waals surface area (Å²) in [4.78, 5) is 14.0. The summed E-state index contributed by atoms with van der Waals surface area (Å²) in [7, 11) is -3.66. The quantitative estimate of drug-likeness (QED) is 0.349. The van der Waals surface area contributed by atoms with Crippen molar-refractivity contribution >= 4 is 38.6 Å². The fraction of sp³-hybridized carbons (Fsp3) is 0.517. The molecule has 3 fully saturated rings. The first-order chi connectivity index (χ1) is 19.5. The number of aromatic nitrogens is 2. The highest BCUT2D eigenvalue weighted by atomic mass is 32.2. The van der Waals surface area contributed by atoms with Crippen LogP contribution in [0.15, 0.2) is 35.7 Å². The third kappa shape index (κ3) is 6.34. The molecule has 1 spiro atoms. The molecular formula is C29H35F2N5O3S2. The number of halogens is 2. The van der Waals surface area contributed by atoms with Gasteiger partial charge in [0.25, 0.3) is 5.92 Å². The molecule has 3 aliphatic rings. The average Bonchev–Trinajstić information content (AvgIpc) is 3.48. The number of benzene rings is 1. The molecular weight excluding hydrogens is 568 g/mol. The number of hydrogen-bond acceptors (Lipinski definition) is 8. The van der Waals surface area contributed by atoms with Crippen molar-refractivity contribution < 1.29 is 22.3 Å². The summed E-state index contributed by atoms with van der Waals surface area (Å²) in [6.07, 6.45) is 4.46. The molecule has 220 valence electrons. The van der Waals surface area contributed by atoms with E-state index in [1.54, 1.807) is 6.07 Å². The molecule has 3 aromatic rings. The maximum atomic E-state index is 13.7. The minimum absolute atomic E-state index is 0.175. The van der Waals surface area contributed by atoms with E-state index in [0.717, 1.165) is 47.8 Å². The fourth-order valence-corrected chi connectivity index (χ4v) is 7.48. The lowest BCUT2D eigenvalue weighted by atomic mass is 9.93. The van der Waals surface area contributed by atoms with Crippen LogP contribution in [0.2, 0.25) is 0 Å². The second-order valence-electron chi connectivity index (χ2n) is 11.6. The highest BCUT2D eigenvalue weighted by Gasteiger charge is 2.44. The average molecular weight is 604 g/mol. The normalized spacial score (nSPS) is 19.9. The van der Waals surface area contributed by atoms with Crippen LogP contribution >= 0.6 is 11.3 Å². The lowest BCUT2D eigenvalue weighted by Gasteiger charge is -2.35. The van der Waals surface area contributed by atoms with Crippen LogP contribution < -0.4 is 14.5 Å². The van der Waals surface area contributed by atoms with Gasteiger partial charge < -0.3 is 14.9 Å². The summed E-state index contributed by atoms with van der Waals surface area (Å²) in [5.74, 6) is -2.29. The number of nitrogens with one attached hydrogen (secondary N) is 1. The van der Waals surface area contributed by atoms with Gasteiger partial charge in [-0.3, -0.25) is 4.72 Å². The van der Waals surface area contributed by atoms with Crippen molar-refractivity contribution in [1.82, 2.24) is 9.97 Å². The summed E-state index contributed by atoms with van der Waals surface area (Å²) in [5.41, 5.74) is 5.19. The highest BCUT2D eigenvalue weighted by Crippen LogP contribution is 2.54. The third-order valence-electron chi connectivity index (χ3n) is 8.53. The van der Waals surface area contributed by atoms with Crippen molar-refractivity contribution in [3.8, 4) is 22.0 Å². The van der Waals surface area contributed by atoms with E-state index in [9.17, 15) is 17.2 Å². The molecule has 0 radical (unpaired) electrons. The first-order valence-electron chi connectivity index (χ1n) is 14.1. The molecule has 1 aromatic carbocycles. The van der Waals surface area contributed by atoms with Gasteiger partial charge in [-0.2, -0.15) is 0 Å². The molecule has 2 aliphatic heterocycles. The monoisotopic (exact) mass is 603 g/mol. The lowest BCUT2D eigenvalue weighted by molar-refractivity contribution is -0.0221. The van der Waals surface area contributed by atoms with Crippen molar-refractivity contribution in [3.05, 3.63) is 41.3 Å². The van der Waals surface area contributed by atoms with E-state index < -0.39 is 22.6 Å². The zero-order valence-corrected chi connectivity index (χ0v) is 24.7. The van der Waals surface area contributed by atoms with Crippen LogP contribution in [0.5, 0.6) is 0 Å². The predicted molar refractivity (Wildman–Crippen MR) is 160 cm³/mol. The van der Waals surface area contributed by atoms with Crippen molar-refractivity contribution in [2.45, 2.75) is 51.4 Å². The van der Waals surface area contributed by atoms with Crippen molar-refractivity contribution in [2.75, 3.05) is 53.1 Å². The number of sulfonamides is 1. The number of nitrogens with zero attached hydrogens (tertiary/aromatic N) is 4. The van der Waals surface area contributed by atoms with Gasteiger partial charge in [0.15, 0.2) is 0 Å². The molecule has 0 bridgehead atoms. The van der Waals surface area contributed by atoms with Crippen LogP contribution in [0.4, 0.5) is 26.0 Å². The van der Waals surface area contributed by atoms with Crippen LogP contribution in [0.3, 0.4) is 0 Å². The van der Waals surface area contributed by atoms with E-state index in [1.807, 2.05) is 41.5 Å². The first-order valence-corrected chi connectivity index (χ1v) is 16.7. The predicted octanol–water partition coefficient (Wildman–Crippen LogP) is 5.53. The molecule has 2 N–H and O–H groups in total. The molecule has 4 heterocycles. The minimum atomic E-state index is -3.66. The van der Waals surface area contributed by atoms with E-state index in [-0.39, 0.29) is 31.7 Å². The van der Waals surface area contributed by atoms with Gasteiger partial charge in [-0.1, -0.05) is 0 Å². The maximum absolute atomic E-state index is 13.7. The maximum Gasteiger partial charge on any atom is 0.251 e. The number of aliphatic hydroxyl groups is 1. The lowest BCUT2D eigenvalue weighted by Crippen LogP contribution is -2.39. The van der Waals surface area contributed by atoms with Gasteiger partial charge in [0.05, 0.1) is 23.7 Å². The summed E-state index contributed by atoms with van der Waals surface area (Å²) in [6.45, 7) is 3.85. The van der Waals surface area contributed by atoms with Crippen molar-refractivity contribution in [2.24, 2.45) is 5.41 Å². The van der Waals surface area contributed by atoms with Gasteiger partial charge >= 0.3 is 0 Å². The van der Waals surface area contributed by atoms with Crippen LogP contribution in [-0.2, 0) is 10.0 Å². The zero-order chi connectivity index (χ0) is 28.8. The Kier molecular flexibility index (Phi) is 7.44. The minimum Gasteiger partial charge on any atom is -0.395 e. The summed E-state index contributed by atoms with van der Waals surface area (Å²) in [6, 6.07) is 9.39. The number of pyridine rings is 1. The number of thiazole rings is 1. The Labute approximate surface area is 243 Å². The molecule has 6 rings (SSSR count). The van der Waals surface area contributed by atoms with E-state index in [1.165, 1.54) is 24.2 Å². The molecule has 8 nitrogen and oxygen atoms in total. The first kappa shape index (κ1) is 28.3.